The van der Waals surface area contributed by atoms with Crippen molar-refractivity contribution in [1.82, 2.24) is 0 Å². The maximum Gasteiger partial charge on any atom is 0.397 e. The third-order valence-electron chi connectivity index (χ3n) is 2.48. The van der Waals surface area contributed by atoms with E-state index in [4.69, 9.17) is 18.8 Å². The summed E-state index contributed by atoms with van der Waals surface area (Å²) in [5, 5.41) is 36.7. The van der Waals surface area contributed by atoms with Crippen LogP contribution in [0.5, 0.6) is 0 Å². The zero-order valence-corrected chi connectivity index (χ0v) is 11.2. The fraction of sp³-hybridized carbons (Fsp3) is 0.900. The Morgan fingerprint density at radius 1 is 1.26 bits per heavy atom. The molecule has 0 aromatic rings. The molecule has 0 aliphatic carbocycles. The topological polar surface area (TPSA) is 126 Å². The first-order valence-electron chi connectivity index (χ1n) is 5.81. The molecule has 19 heavy (non-hydrogen) atoms. The summed E-state index contributed by atoms with van der Waals surface area (Å²) in [6.07, 6.45) is -6.53. The molecule has 0 aromatic heterocycles. The maximum absolute atomic E-state index is 11.3. The fourth-order valence-corrected chi connectivity index (χ4v) is 1.93. The van der Waals surface area contributed by atoms with Crippen molar-refractivity contribution in [3.63, 3.8) is 0 Å². The number of hydrogen-bond acceptors (Lipinski definition) is 9. The molecule has 1 fully saturated rings. The smallest absolute Gasteiger partial charge is 0.397 e. The van der Waals surface area contributed by atoms with Gasteiger partial charge in [-0.1, -0.05) is 6.92 Å². The van der Waals surface area contributed by atoms with Gasteiger partial charge < -0.3 is 34.1 Å². The van der Waals surface area contributed by atoms with E-state index in [9.17, 15) is 20.1 Å². The van der Waals surface area contributed by atoms with Crippen LogP contribution in [0.2, 0.25) is 0 Å². The molecule has 4 N–H and O–H groups in total. The standard InChI is InChI=1S/C10H18O8S/c1-2-3-16-19-10(15)18-9-8(14)7(13)6(12)5(4-11)17-9/h5-9,11-14H,2-4H2,1H3/t5-,6+,7+,8-,9?/m1/s1. The van der Waals surface area contributed by atoms with Crippen LogP contribution in [0.4, 0.5) is 4.79 Å². The first kappa shape index (κ1) is 16.6. The van der Waals surface area contributed by atoms with E-state index in [0.717, 1.165) is 6.42 Å². The second kappa shape index (κ2) is 8.00. The van der Waals surface area contributed by atoms with Crippen LogP contribution in [0.3, 0.4) is 0 Å². The van der Waals surface area contributed by atoms with Crippen molar-refractivity contribution in [2.75, 3.05) is 13.2 Å². The van der Waals surface area contributed by atoms with E-state index in [2.05, 4.69) is 0 Å². The number of aliphatic hydroxyl groups is 4. The molecule has 0 saturated carbocycles. The molecule has 1 rings (SSSR count). The predicted octanol–water partition coefficient (Wildman–Crippen LogP) is -1.00. The van der Waals surface area contributed by atoms with Crippen molar-refractivity contribution < 1.29 is 38.9 Å². The minimum absolute atomic E-state index is 0.356. The Hall–Kier alpha value is -0.420. The monoisotopic (exact) mass is 298 g/mol. The highest BCUT2D eigenvalue weighted by Gasteiger charge is 2.45. The second-order valence-electron chi connectivity index (χ2n) is 3.97. The van der Waals surface area contributed by atoms with Crippen molar-refractivity contribution in [2.45, 2.75) is 44.1 Å². The minimum atomic E-state index is -1.60. The Balaban J connectivity index is 2.49. The highest BCUT2D eigenvalue weighted by molar-refractivity contribution is 8.09. The zero-order chi connectivity index (χ0) is 14.4. The van der Waals surface area contributed by atoms with Gasteiger partial charge in [-0.2, -0.15) is 0 Å². The molecule has 0 spiro atoms. The lowest BCUT2D eigenvalue weighted by Gasteiger charge is -2.38. The summed E-state index contributed by atoms with van der Waals surface area (Å²) in [4.78, 5) is 11.3. The Morgan fingerprint density at radius 2 is 1.95 bits per heavy atom. The summed E-state index contributed by atoms with van der Waals surface area (Å²) >= 11 is 0.449. The Kier molecular flexibility index (Phi) is 7.00. The molecule has 1 aliphatic rings. The molecule has 1 aliphatic heterocycles. The summed E-state index contributed by atoms with van der Waals surface area (Å²) in [6.45, 7) is 1.64. The van der Waals surface area contributed by atoms with E-state index in [0.29, 0.717) is 18.6 Å². The van der Waals surface area contributed by atoms with E-state index >= 15 is 0 Å². The lowest BCUT2D eigenvalue weighted by atomic mass is 9.99. The predicted molar refractivity (Wildman–Crippen MR) is 64.1 cm³/mol. The van der Waals surface area contributed by atoms with Gasteiger partial charge in [0.05, 0.1) is 13.2 Å². The zero-order valence-electron chi connectivity index (χ0n) is 10.3. The van der Waals surface area contributed by atoms with E-state index in [1.165, 1.54) is 0 Å². The molecule has 112 valence electrons. The van der Waals surface area contributed by atoms with E-state index in [1.807, 2.05) is 6.92 Å². The lowest BCUT2D eigenvalue weighted by molar-refractivity contribution is -0.283. The SMILES string of the molecule is CCCOSC(=O)OC1O[C@H](CO)[C@H](O)[C@H](O)[C@H]1O. The maximum atomic E-state index is 11.3. The lowest BCUT2D eigenvalue weighted by Crippen LogP contribution is -2.59. The largest absolute Gasteiger partial charge is 0.423 e. The van der Waals surface area contributed by atoms with Gasteiger partial charge in [-0.15, -0.1) is 0 Å². The van der Waals surface area contributed by atoms with E-state index in [1.54, 1.807) is 0 Å². The summed E-state index contributed by atoms with van der Waals surface area (Å²) in [5.74, 6) is 0. The minimum Gasteiger partial charge on any atom is -0.423 e. The quantitative estimate of drug-likeness (QED) is 0.287. The summed E-state index contributed by atoms with van der Waals surface area (Å²) in [5.41, 5.74) is 0. The molecule has 9 heteroatoms. The number of carbonyl (C=O) groups is 1. The van der Waals surface area contributed by atoms with Crippen LogP contribution in [0.25, 0.3) is 0 Å². The third-order valence-corrected chi connectivity index (χ3v) is 2.99. The summed E-state index contributed by atoms with van der Waals surface area (Å²) < 4.78 is 14.6. The first-order chi connectivity index (χ1) is 9.01. The highest BCUT2D eigenvalue weighted by Crippen LogP contribution is 2.23. The second-order valence-corrected chi connectivity index (χ2v) is 4.71. The molecule has 0 radical (unpaired) electrons. The first-order valence-corrected chi connectivity index (χ1v) is 6.56. The number of rotatable bonds is 5. The summed E-state index contributed by atoms with van der Waals surface area (Å²) in [6, 6.07) is 0. The van der Waals surface area contributed by atoms with Crippen LogP contribution < -0.4 is 0 Å². The normalized spacial score (nSPS) is 35.1. The Bertz CT molecular complexity index is 287. The van der Waals surface area contributed by atoms with Gasteiger partial charge in [-0.05, 0) is 6.42 Å². The van der Waals surface area contributed by atoms with Gasteiger partial charge in [0.25, 0.3) is 0 Å². The van der Waals surface area contributed by atoms with Crippen LogP contribution in [0.15, 0.2) is 0 Å². The third kappa shape index (κ3) is 4.56. The molecule has 0 amide bonds. The number of carbonyl (C=O) groups excluding carboxylic acids is 1. The van der Waals surface area contributed by atoms with Crippen molar-refractivity contribution >= 4 is 17.3 Å². The average Bonchev–Trinajstić information content (AvgIpc) is 2.39. The summed E-state index contributed by atoms with van der Waals surface area (Å²) in [7, 11) is 0. The van der Waals surface area contributed by atoms with E-state index in [-0.39, 0.29) is 0 Å². The molecule has 1 heterocycles. The molecular formula is C10H18O8S. The van der Waals surface area contributed by atoms with Crippen molar-refractivity contribution in [3.05, 3.63) is 0 Å². The van der Waals surface area contributed by atoms with Crippen molar-refractivity contribution in [1.29, 1.82) is 0 Å². The van der Waals surface area contributed by atoms with Gasteiger partial charge >= 0.3 is 5.30 Å². The molecule has 8 nitrogen and oxygen atoms in total. The van der Waals surface area contributed by atoms with Gasteiger partial charge in [0, 0.05) is 0 Å². The van der Waals surface area contributed by atoms with Crippen LogP contribution in [0, 0.1) is 0 Å². The van der Waals surface area contributed by atoms with Crippen LogP contribution in [0.1, 0.15) is 13.3 Å². The van der Waals surface area contributed by atoms with Crippen LogP contribution >= 0.6 is 12.0 Å². The molecule has 1 unspecified atom stereocenters. The van der Waals surface area contributed by atoms with Gasteiger partial charge in [-0.3, -0.25) is 0 Å². The van der Waals surface area contributed by atoms with Crippen LogP contribution in [-0.2, 0) is 13.7 Å². The van der Waals surface area contributed by atoms with Gasteiger partial charge in [0.1, 0.15) is 36.5 Å². The van der Waals surface area contributed by atoms with E-state index < -0.39 is 42.6 Å². The molecule has 0 bridgehead atoms. The van der Waals surface area contributed by atoms with Gasteiger partial charge in [0.2, 0.25) is 6.29 Å². The molecule has 5 atom stereocenters. The molecular weight excluding hydrogens is 280 g/mol. The number of ether oxygens (including phenoxy) is 2. The fourth-order valence-electron chi connectivity index (χ4n) is 1.45. The Labute approximate surface area is 114 Å². The average molecular weight is 298 g/mol. The van der Waals surface area contributed by atoms with Crippen LogP contribution in [-0.4, -0.2) is 69.6 Å². The van der Waals surface area contributed by atoms with Gasteiger partial charge in [-0.25, -0.2) is 4.79 Å². The van der Waals surface area contributed by atoms with Crippen molar-refractivity contribution in [3.8, 4) is 0 Å². The molecule has 1 saturated heterocycles. The highest BCUT2D eigenvalue weighted by atomic mass is 32.2. The number of aliphatic hydroxyl groups excluding tert-OH is 4. The van der Waals surface area contributed by atoms with Gasteiger partial charge in [0.15, 0.2) is 0 Å². The number of hydrogen-bond donors (Lipinski definition) is 4. The Morgan fingerprint density at radius 3 is 2.53 bits per heavy atom. The molecule has 0 aromatic carbocycles. The van der Waals surface area contributed by atoms with Crippen molar-refractivity contribution in [2.24, 2.45) is 0 Å².